The number of rotatable bonds is 4. The van der Waals surface area contributed by atoms with E-state index >= 15 is 0 Å². The number of urea groups is 1. The van der Waals surface area contributed by atoms with Crippen molar-refractivity contribution in [3.63, 3.8) is 0 Å². The van der Waals surface area contributed by atoms with Crippen LogP contribution in [-0.4, -0.2) is 36.3 Å². The average molecular weight is 196 g/mol. The monoisotopic (exact) mass is 196 g/mol. The molecule has 14 heavy (non-hydrogen) atoms. The van der Waals surface area contributed by atoms with Crippen molar-refractivity contribution in [2.75, 3.05) is 25.6 Å². The number of carbonyl (C=O) groups is 1. The number of nitrogens with one attached hydrogen (secondary N) is 2. The molecule has 1 aromatic heterocycles. The van der Waals surface area contributed by atoms with Gasteiger partial charge in [-0.3, -0.25) is 10.3 Å². The van der Waals surface area contributed by atoms with Crippen LogP contribution in [0.5, 0.6) is 0 Å². The first-order chi connectivity index (χ1) is 6.83. The lowest BCUT2D eigenvalue weighted by molar-refractivity contribution is 0.198. The number of nitrogens with zero attached hydrogens (tertiary/aromatic N) is 2. The Bertz CT molecular complexity index is 278. The van der Waals surface area contributed by atoms with E-state index in [-0.39, 0.29) is 6.03 Å². The molecule has 1 heterocycles. The predicted molar refractivity (Wildman–Crippen MR) is 50.9 cm³/mol. The fraction of sp³-hybridized carbons (Fsp3) is 0.375. The van der Waals surface area contributed by atoms with Gasteiger partial charge in [-0.1, -0.05) is 0 Å². The van der Waals surface area contributed by atoms with Crippen molar-refractivity contribution < 1.29 is 9.53 Å². The highest BCUT2D eigenvalue weighted by atomic mass is 16.5. The summed E-state index contributed by atoms with van der Waals surface area (Å²) in [6.45, 7) is 0.941. The molecule has 0 aromatic carbocycles. The standard InChI is InChI=1S/C8H12N4O2/c1-14-5-4-11-8(13)12-7-6-9-2-3-10-7/h2-3,6H,4-5H2,1H3,(H2,10,11,12,13). The smallest absolute Gasteiger partial charge is 0.320 e. The zero-order chi connectivity index (χ0) is 10.2. The third-order valence-corrected chi connectivity index (χ3v) is 1.40. The second kappa shape index (κ2) is 5.87. The molecule has 6 heteroatoms. The molecule has 0 saturated heterocycles. The lowest BCUT2D eigenvalue weighted by Gasteiger charge is -2.05. The van der Waals surface area contributed by atoms with E-state index in [1.165, 1.54) is 18.6 Å². The minimum absolute atomic E-state index is 0.317. The molecule has 6 nitrogen and oxygen atoms in total. The van der Waals surface area contributed by atoms with E-state index in [0.717, 1.165) is 0 Å². The molecule has 0 unspecified atom stereocenters. The number of anilines is 1. The van der Waals surface area contributed by atoms with Crippen molar-refractivity contribution in [1.82, 2.24) is 15.3 Å². The van der Waals surface area contributed by atoms with E-state index in [9.17, 15) is 4.79 Å². The summed E-state index contributed by atoms with van der Waals surface area (Å²) < 4.78 is 4.77. The van der Waals surface area contributed by atoms with Gasteiger partial charge in [0.1, 0.15) is 0 Å². The van der Waals surface area contributed by atoms with Gasteiger partial charge in [-0.2, -0.15) is 0 Å². The molecular weight excluding hydrogens is 184 g/mol. The fourth-order valence-electron chi connectivity index (χ4n) is 0.791. The van der Waals surface area contributed by atoms with Gasteiger partial charge in [-0.25, -0.2) is 9.78 Å². The van der Waals surface area contributed by atoms with Crippen molar-refractivity contribution >= 4 is 11.8 Å². The number of hydrogen-bond acceptors (Lipinski definition) is 4. The normalized spacial score (nSPS) is 9.50. The van der Waals surface area contributed by atoms with Gasteiger partial charge in [0.25, 0.3) is 0 Å². The van der Waals surface area contributed by atoms with Crippen molar-refractivity contribution in [2.24, 2.45) is 0 Å². The van der Waals surface area contributed by atoms with E-state index in [4.69, 9.17) is 4.74 Å². The molecule has 0 aliphatic rings. The average Bonchev–Trinajstić information content (AvgIpc) is 2.20. The summed E-state index contributed by atoms with van der Waals surface area (Å²) in [7, 11) is 1.57. The molecule has 1 aromatic rings. The van der Waals surface area contributed by atoms with Gasteiger partial charge in [0, 0.05) is 26.0 Å². The van der Waals surface area contributed by atoms with E-state index in [2.05, 4.69) is 20.6 Å². The Labute approximate surface area is 81.7 Å². The Hall–Kier alpha value is -1.69. The Morgan fingerprint density at radius 1 is 1.57 bits per heavy atom. The predicted octanol–water partition coefficient (Wildman–Crippen LogP) is 0.244. The Morgan fingerprint density at radius 3 is 3.07 bits per heavy atom. The molecule has 2 N–H and O–H groups in total. The van der Waals surface area contributed by atoms with E-state index < -0.39 is 0 Å². The second-order valence-corrected chi connectivity index (χ2v) is 2.46. The highest BCUT2D eigenvalue weighted by Gasteiger charge is 2.00. The zero-order valence-electron chi connectivity index (χ0n) is 7.86. The molecule has 0 bridgehead atoms. The zero-order valence-corrected chi connectivity index (χ0v) is 7.86. The number of amides is 2. The third-order valence-electron chi connectivity index (χ3n) is 1.40. The number of aromatic nitrogens is 2. The second-order valence-electron chi connectivity index (χ2n) is 2.46. The van der Waals surface area contributed by atoms with Gasteiger partial charge >= 0.3 is 6.03 Å². The molecule has 0 aliphatic carbocycles. The highest BCUT2D eigenvalue weighted by Crippen LogP contribution is 1.95. The quantitative estimate of drug-likeness (QED) is 0.676. The SMILES string of the molecule is COCCNC(=O)Nc1cnccn1. The molecule has 0 atom stereocenters. The fourth-order valence-corrected chi connectivity index (χ4v) is 0.791. The van der Waals surface area contributed by atoms with Gasteiger partial charge < -0.3 is 10.1 Å². The summed E-state index contributed by atoms with van der Waals surface area (Å²) in [6, 6.07) is -0.317. The summed E-state index contributed by atoms with van der Waals surface area (Å²) in [5.74, 6) is 0.419. The van der Waals surface area contributed by atoms with Crippen LogP contribution in [0.15, 0.2) is 18.6 Å². The first kappa shape index (κ1) is 10.4. The molecule has 0 fully saturated rings. The summed E-state index contributed by atoms with van der Waals surface area (Å²) in [6.07, 6.45) is 4.51. The van der Waals surface area contributed by atoms with E-state index in [1.807, 2.05) is 0 Å². The molecule has 0 aliphatic heterocycles. The van der Waals surface area contributed by atoms with Crippen LogP contribution < -0.4 is 10.6 Å². The Balaban J connectivity index is 2.27. The maximum atomic E-state index is 11.1. The van der Waals surface area contributed by atoms with E-state index in [1.54, 1.807) is 7.11 Å². The van der Waals surface area contributed by atoms with Crippen LogP contribution in [0.2, 0.25) is 0 Å². The molecule has 0 spiro atoms. The maximum Gasteiger partial charge on any atom is 0.320 e. The van der Waals surface area contributed by atoms with Gasteiger partial charge in [0.05, 0.1) is 12.8 Å². The number of carbonyl (C=O) groups excluding carboxylic acids is 1. The summed E-state index contributed by atoms with van der Waals surface area (Å²) in [5.41, 5.74) is 0. The van der Waals surface area contributed by atoms with Crippen LogP contribution >= 0.6 is 0 Å². The molecule has 2 amide bonds. The minimum Gasteiger partial charge on any atom is -0.383 e. The number of ether oxygens (including phenoxy) is 1. The first-order valence-corrected chi connectivity index (χ1v) is 4.12. The van der Waals surface area contributed by atoms with Crippen molar-refractivity contribution in [1.29, 1.82) is 0 Å². The van der Waals surface area contributed by atoms with Crippen LogP contribution in [0, 0.1) is 0 Å². The van der Waals surface area contributed by atoms with Gasteiger partial charge in [0.2, 0.25) is 0 Å². The maximum absolute atomic E-state index is 11.1. The highest BCUT2D eigenvalue weighted by molar-refractivity contribution is 5.87. The van der Waals surface area contributed by atoms with Crippen molar-refractivity contribution in [3.05, 3.63) is 18.6 Å². The van der Waals surface area contributed by atoms with Crippen LogP contribution in [0.25, 0.3) is 0 Å². The molecule has 76 valence electrons. The summed E-state index contributed by atoms with van der Waals surface area (Å²) >= 11 is 0. The molecule has 0 radical (unpaired) electrons. The van der Waals surface area contributed by atoms with Crippen molar-refractivity contribution in [2.45, 2.75) is 0 Å². The minimum atomic E-state index is -0.317. The topological polar surface area (TPSA) is 76.1 Å². The first-order valence-electron chi connectivity index (χ1n) is 4.12. The van der Waals surface area contributed by atoms with Crippen LogP contribution in [0.3, 0.4) is 0 Å². The summed E-state index contributed by atoms with van der Waals surface area (Å²) in [5, 5.41) is 5.11. The molecule has 1 rings (SSSR count). The largest absolute Gasteiger partial charge is 0.383 e. The number of hydrogen-bond donors (Lipinski definition) is 2. The molecular formula is C8H12N4O2. The van der Waals surface area contributed by atoms with Gasteiger partial charge in [-0.15, -0.1) is 0 Å². The van der Waals surface area contributed by atoms with Crippen molar-refractivity contribution in [3.8, 4) is 0 Å². The third kappa shape index (κ3) is 3.81. The Kier molecular flexibility index (Phi) is 4.36. The van der Waals surface area contributed by atoms with Crippen LogP contribution in [0.1, 0.15) is 0 Å². The van der Waals surface area contributed by atoms with Gasteiger partial charge in [0.15, 0.2) is 5.82 Å². The summed E-state index contributed by atoms with van der Waals surface area (Å²) in [4.78, 5) is 18.8. The lowest BCUT2D eigenvalue weighted by atomic mass is 10.6. The Morgan fingerprint density at radius 2 is 2.43 bits per heavy atom. The van der Waals surface area contributed by atoms with Crippen LogP contribution in [0.4, 0.5) is 10.6 Å². The van der Waals surface area contributed by atoms with Gasteiger partial charge in [-0.05, 0) is 0 Å². The lowest BCUT2D eigenvalue weighted by Crippen LogP contribution is -2.31. The number of methoxy groups -OCH3 is 1. The molecule has 0 saturated carbocycles. The van der Waals surface area contributed by atoms with Crippen LogP contribution in [-0.2, 0) is 4.74 Å². The van der Waals surface area contributed by atoms with E-state index in [0.29, 0.717) is 19.0 Å².